The number of piperidine rings is 1. The third-order valence-electron chi connectivity index (χ3n) is 3.23. The summed E-state index contributed by atoms with van der Waals surface area (Å²) in [5.41, 5.74) is 0. The summed E-state index contributed by atoms with van der Waals surface area (Å²) in [7, 11) is 0. The number of rotatable bonds is 4. The summed E-state index contributed by atoms with van der Waals surface area (Å²) in [6.45, 7) is 9.67. The summed E-state index contributed by atoms with van der Waals surface area (Å²) in [4.78, 5) is 2.71. The van der Waals surface area contributed by atoms with Gasteiger partial charge in [0, 0.05) is 6.04 Å². The molecule has 78 valence electrons. The molecule has 0 saturated carbocycles. The van der Waals surface area contributed by atoms with Gasteiger partial charge in [-0.3, -0.25) is 0 Å². The maximum atomic E-state index is 2.71. The highest BCUT2D eigenvalue weighted by Gasteiger charge is 2.24. The fourth-order valence-corrected chi connectivity index (χ4v) is 2.52. The molecule has 1 saturated heterocycles. The lowest BCUT2D eigenvalue weighted by Gasteiger charge is -2.38. The zero-order valence-electron chi connectivity index (χ0n) is 9.55. The Kier molecular flexibility index (Phi) is 4.79. The molecule has 0 amide bonds. The number of hydrogen-bond acceptors (Lipinski definition) is 1. The van der Waals surface area contributed by atoms with E-state index in [-0.39, 0.29) is 0 Å². The van der Waals surface area contributed by atoms with Gasteiger partial charge in [0.2, 0.25) is 0 Å². The molecule has 1 fully saturated rings. The highest BCUT2D eigenvalue weighted by Crippen LogP contribution is 2.25. The summed E-state index contributed by atoms with van der Waals surface area (Å²) in [5, 5.41) is 0. The molecule has 1 aliphatic heterocycles. The summed E-state index contributed by atoms with van der Waals surface area (Å²) in [5.74, 6) is 0.963. The standard InChI is InChI=1S/C12H25N/c1-4-6-12-10-11(3)7-9-13(12)8-5-2/h11-12H,4-10H2,1-3H3. The molecule has 1 rings (SSSR count). The van der Waals surface area contributed by atoms with Gasteiger partial charge in [-0.25, -0.2) is 0 Å². The molecular weight excluding hydrogens is 158 g/mol. The van der Waals surface area contributed by atoms with Crippen molar-refractivity contribution < 1.29 is 0 Å². The number of likely N-dealkylation sites (tertiary alicyclic amines) is 1. The predicted molar refractivity (Wildman–Crippen MR) is 59.0 cm³/mol. The van der Waals surface area contributed by atoms with Crippen LogP contribution in [0.3, 0.4) is 0 Å². The second-order valence-electron chi connectivity index (χ2n) is 4.61. The first-order valence-corrected chi connectivity index (χ1v) is 6.02. The van der Waals surface area contributed by atoms with E-state index < -0.39 is 0 Å². The van der Waals surface area contributed by atoms with Gasteiger partial charge < -0.3 is 4.90 Å². The van der Waals surface area contributed by atoms with Gasteiger partial charge >= 0.3 is 0 Å². The van der Waals surface area contributed by atoms with Crippen LogP contribution in [0.4, 0.5) is 0 Å². The monoisotopic (exact) mass is 183 g/mol. The van der Waals surface area contributed by atoms with Crippen molar-refractivity contribution in [1.29, 1.82) is 0 Å². The van der Waals surface area contributed by atoms with Crippen LogP contribution in [0, 0.1) is 5.92 Å². The van der Waals surface area contributed by atoms with Gasteiger partial charge in [-0.15, -0.1) is 0 Å². The molecule has 0 aliphatic carbocycles. The fraction of sp³-hybridized carbons (Fsp3) is 1.00. The summed E-state index contributed by atoms with van der Waals surface area (Å²) in [6, 6.07) is 0.897. The second kappa shape index (κ2) is 5.64. The minimum atomic E-state index is 0.897. The predicted octanol–water partition coefficient (Wildman–Crippen LogP) is 3.30. The van der Waals surface area contributed by atoms with Gasteiger partial charge in [0.25, 0.3) is 0 Å². The Bertz CT molecular complexity index is 133. The minimum absolute atomic E-state index is 0.897. The molecule has 13 heavy (non-hydrogen) atoms. The molecule has 1 aliphatic rings. The lowest BCUT2D eigenvalue weighted by molar-refractivity contribution is 0.111. The maximum absolute atomic E-state index is 2.71. The van der Waals surface area contributed by atoms with Crippen LogP contribution in [0.1, 0.15) is 52.9 Å². The third-order valence-corrected chi connectivity index (χ3v) is 3.23. The normalized spacial score (nSPS) is 30.7. The first-order chi connectivity index (χ1) is 6.27. The molecule has 0 aromatic carbocycles. The number of hydrogen-bond donors (Lipinski definition) is 0. The van der Waals surface area contributed by atoms with E-state index >= 15 is 0 Å². The summed E-state index contributed by atoms with van der Waals surface area (Å²) in [6.07, 6.45) is 6.92. The Morgan fingerprint density at radius 2 is 2.00 bits per heavy atom. The quantitative estimate of drug-likeness (QED) is 0.646. The SMILES string of the molecule is CCCC1CC(C)CCN1CCC. The Hall–Kier alpha value is -0.0400. The van der Waals surface area contributed by atoms with Crippen molar-refractivity contribution in [2.45, 2.75) is 58.9 Å². The summed E-state index contributed by atoms with van der Waals surface area (Å²) < 4.78 is 0. The third kappa shape index (κ3) is 3.30. The molecule has 2 unspecified atom stereocenters. The van der Waals surface area contributed by atoms with Gasteiger partial charge in [0.15, 0.2) is 0 Å². The maximum Gasteiger partial charge on any atom is 0.00976 e. The van der Waals surface area contributed by atoms with Crippen LogP contribution in [0.15, 0.2) is 0 Å². The van der Waals surface area contributed by atoms with E-state index in [0.29, 0.717) is 0 Å². The second-order valence-corrected chi connectivity index (χ2v) is 4.61. The Morgan fingerprint density at radius 1 is 1.23 bits per heavy atom. The molecule has 0 bridgehead atoms. The zero-order chi connectivity index (χ0) is 9.68. The Labute approximate surface area is 83.5 Å². The van der Waals surface area contributed by atoms with Crippen LogP contribution in [-0.2, 0) is 0 Å². The van der Waals surface area contributed by atoms with Crippen molar-refractivity contribution in [3.8, 4) is 0 Å². The molecule has 0 N–H and O–H groups in total. The van der Waals surface area contributed by atoms with Crippen molar-refractivity contribution in [3.63, 3.8) is 0 Å². The molecule has 0 aromatic rings. The van der Waals surface area contributed by atoms with Crippen LogP contribution in [0.2, 0.25) is 0 Å². The van der Waals surface area contributed by atoms with E-state index in [4.69, 9.17) is 0 Å². The van der Waals surface area contributed by atoms with Crippen LogP contribution >= 0.6 is 0 Å². The average Bonchev–Trinajstić information content (AvgIpc) is 2.10. The lowest BCUT2D eigenvalue weighted by Crippen LogP contribution is -2.42. The van der Waals surface area contributed by atoms with E-state index in [1.54, 1.807) is 0 Å². The Morgan fingerprint density at radius 3 is 2.62 bits per heavy atom. The van der Waals surface area contributed by atoms with Crippen LogP contribution < -0.4 is 0 Å². The van der Waals surface area contributed by atoms with Crippen LogP contribution in [0.5, 0.6) is 0 Å². The van der Waals surface area contributed by atoms with E-state index in [9.17, 15) is 0 Å². The van der Waals surface area contributed by atoms with Crippen molar-refractivity contribution in [2.75, 3.05) is 13.1 Å². The summed E-state index contributed by atoms with van der Waals surface area (Å²) >= 11 is 0. The van der Waals surface area contributed by atoms with Crippen LogP contribution in [0.25, 0.3) is 0 Å². The molecule has 1 nitrogen and oxygen atoms in total. The molecule has 0 radical (unpaired) electrons. The lowest BCUT2D eigenvalue weighted by atomic mass is 9.90. The van der Waals surface area contributed by atoms with Crippen molar-refractivity contribution in [1.82, 2.24) is 4.90 Å². The van der Waals surface area contributed by atoms with E-state index in [1.165, 1.54) is 45.2 Å². The molecule has 0 aromatic heterocycles. The molecule has 2 atom stereocenters. The van der Waals surface area contributed by atoms with Crippen molar-refractivity contribution >= 4 is 0 Å². The van der Waals surface area contributed by atoms with Gasteiger partial charge in [0.1, 0.15) is 0 Å². The minimum Gasteiger partial charge on any atom is -0.300 e. The van der Waals surface area contributed by atoms with Crippen molar-refractivity contribution in [3.05, 3.63) is 0 Å². The van der Waals surface area contributed by atoms with Crippen molar-refractivity contribution in [2.24, 2.45) is 5.92 Å². The average molecular weight is 183 g/mol. The largest absolute Gasteiger partial charge is 0.300 e. The van der Waals surface area contributed by atoms with E-state index in [2.05, 4.69) is 25.7 Å². The van der Waals surface area contributed by atoms with Gasteiger partial charge in [-0.05, 0) is 44.7 Å². The fourth-order valence-electron chi connectivity index (χ4n) is 2.52. The van der Waals surface area contributed by atoms with Crippen LogP contribution in [-0.4, -0.2) is 24.0 Å². The molecular formula is C12H25N. The topological polar surface area (TPSA) is 3.24 Å². The first-order valence-electron chi connectivity index (χ1n) is 6.02. The zero-order valence-corrected chi connectivity index (χ0v) is 9.55. The molecule has 0 spiro atoms. The molecule has 1 heterocycles. The van der Waals surface area contributed by atoms with E-state index in [0.717, 1.165) is 12.0 Å². The highest BCUT2D eigenvalue weighted by molar-refractivity contribution is 4.79. The van der Waals surface area contributed by atoms with E-state index in [1.807, 2.05) is 0 Å². The van der Waals surface area contributed by atoms with Gasteiger partial charge in [0.05, 0.1) is 0 Å². The molecule has 1 heteroatoms. The first kappa shape index (κ1) is 11.0. The number of nitrogens with zero attached hydrogens (tertiary/aromatic N) is 1. The van der Waals surface area contributed by atoms with Gasteiger partial charge in [-0.1, -0.05) is 27.2 Å². The Balaban J connectivity index is 2.40. The highest BCUT2D eigenvalue weighted by atomic mass is 15.2. The smallest absolute Gasteiger partial charge is 0.00976 e. The van der Waals surface area contributed by atoms with Gasteiger partial charge in [-0.2, -0.15) is 0 Å².